The van der Waals surface area contributed by atoms with Crippen molar-refractivity contribution in [2.24, 2.45) is 0 Å². The maximum Gasteiger partial charge on any atom is 0.184 e. The van der Waals surface area contributed by atoms with Crippen LogP contribution in [0.25, 0.3) is 0 Å². The predicted octanol–water partition coefficient (Wildman–Crippen LogP) is 1.20. The van der Waals surface area contributed by atoms with Crippen LogP contribution in [0.2, 0.25) is 0 Å². The molecule has 288 valence electrons. The van der Waals surface area contributed by atoms with Crippen molar-refractivity contribution in [2.75, 3.05) is 13.2 Å². The maximum absolute atomic E-state index is 9.82. The van der Waals surface area contributed by atoms with E-state index in [0.717, 1.165) is 51.4 Å². The fourth-order valence-corrected chi connectivity index (χ4v) is 6.80. The van der Waals surface area contributed by atoms with Gasteiger partial charge in [-0.3, -0.25) is 0 Å². The van der Waals surface area contributed by atoms with Gasteiger partial charge in [0.25, 0.3) is 0 Å². The van der Waals surface area contributed by atoms with Crippen molar-refractivity contribution in [3.63, 3.8) is 0 Å². The fraction of sp³-hybridized carbons (Fsp3) is 1.00. The van der Waals surface area contributed by atoms with Gasteiger partial charge in [0.05, 0.1) is 25.4 Å². The summed E-state index contributed by atoms with van der Waals surface area (Å²) in [7, 11) is 0. The lowest BCUT2D eigenvalue weighted by Gasteiger charge is -2.45. The molecular weight excluding hydrogens is 648 g/mol. The third-order valence-electron chi connectivity index (χ3n) is 9.77. The molecule has 6 fully saturated rings. The number of ether oxygens (including phenoxy) is 9. The minimum Gasteiger partial charge on any atom is -0.387 e. The second kappa shape index (κ2) is 20.0. The molecule has 15 nitrogen and oxygen atoms in total. The van der Waals surface area contributed by atoms with Crippen molar-refractivity contribution in [3.05, 3.63) is 0 Å². The Hall–Kier alpha value is -0.600. The number of hydrogen-bond acceptors (Lipinski definition) is 15. The first-order valence-corrected chi connectivity index (χ1v) is 18.4. The molecule has 0 amide bonds. The smallest absolute Gasteiger partial charge is 0.184 e. The van der Waals surface area contributed by atoms with Gasteiger partial charge >= 0.3 is 0 Å². The largest absolute Gasteiger partial charge is 0.387 e. The Bertz CT molecular complexity index is 878. The van der Waals surface area contributed by atoms with Crippen LogP contribution in [0.4, 0.5) is 0 Å². The van der Waals surface area contributed by atoms with E-state index in [2.05, 4.69) is 34.6 Å². The standard InChI is InChI=1S/C12H22O3.2C11H20O6/c1-4-6-7-10-14-11-8(3)13-9(5-2)12(11)15-10;2*1-2-3-4-7-15-5-6-10(17-7)8(12)9(13)11(14)16-6/h8-12H,4-7H2,1-3H3;2*6-14H,2-5H2,1H3. The molecule has 0 bridgehead atoms. The minimum atomic E-state index is -1.38. The summed E-state index contributed by atoms with van der Waals surface area (Å²) in [5.74, 6) is 0. The normalized spacial score (nSPS) is 46.0. The van der Waals surface area contributed by atoms with Crippen LogP contribution in [-0.2, 0) is 42.6 Å². The summed E-state index contributed by atoms with van der Waals surface area (Å²) < 4.78 is 49.8. The van der Waals surface area contributed by atoms with Gasteiger partial charge in [0.2, 0.25) is 0 Å². The zero-order chi connectivity index (χ0) is 35.7. The highest BCUT2D eigenvalue weighted by Gasteiger charge is 2.51. The molecule has 0 aromatic heterocycles. The van der Waals surface area contributed by atoms with Gasteiger partial charge in [-0.05, 0) is 51.9 Å². The molecule has 0 aromatic rings. The van der Waals surface area contributed by atoms with E-state index < -0.39 is 61.4 Å². The molecule has 0 saturated carbocycles. The lowest BCUT2D eigenvalue weighted by atomic mass is 9.98. The summed E-state index contributed by atoms with van der Waals surface area (Å²) in [6.07, 6.45) is -0.0521. The Balaban J connectivity index is 0.000000166. The SMILES string of the molecule is CCCCC1OC2C(C)OC(CC)C2O1.CCCCC1OCC2OC(O)C(O)C(O)C2O1.CCCCC1OCC2OC(O)C(O)C(O)C2O1. The topological polar surface area (TPSA) is 204 Å². The molecule has 15 heteroatoms. The van der Waals surface area contributed by atoms with E-state index >= 15 is 0 Å². The van der Waals surface area contributed by atoms with E-state index in [1.807, 2.05) is 0 Å². The summed E-state index contributed by atoms with van der Waals surface area (Å²) in [6.45, 7) is 11.1. The summed E-state index contributed by atoms with van der Waals surface area (Å²) in [5, 5.41) is 57.3. The van der Waals surface area contributed by atoms with Crippen molar-refractivity contribution in [3.8, 4) is 0 Å². The molecule has 6 N–H and O–H groups in total. The van der Waals surface area contributed by atoms with Crippen molar-refractivity contribution in [1.82, 2.24) is 0 Å². The van der Waals surface area contributed by atoms with Crippen LogP contribution in [0.15, 0.2) is 0 Å². The van der Waals surface area contributed by atoms with E-state index in [9.17, 15) is 30.6 Å². The Morgan fingerprint density at radius 3 is 1.31 bits per heavy atom. The molecule has 49 heavy (non-hydrogen) atoms. The molecule has 6 rings (SSSR count). The Morgan fingerprint density at radius 1 is 0.469 bits per heavy atom. The van der Waals surface area contributed by atoms with E-state index in [-0.39, 0.29) is 56.5 Å². The van der Waals surface area contributed by atoms with Gasteiger partial charge in [-0.1, -0.05) is 47.0 Å². The van der Waals surface area contributed by atoms with E-state index in [1.165, 1.54) is 12.8 Å². The third kappa shape index (κ3) is 10.7. The Kier molecular flexibility index (Phi) is 16.8. The lowest BCUT2D eigenvalue weighted by Crippen LogP contribution is -2.62. The molecule has 0 spiro atoms. The maximum atomic E-state index is 9.82. The predicted molar refractivity (Wildman–Crippen MR) is 172 cm³/mol. The zero-order valence-corrected chi connectivity index (χ0v) is 29.7. The summed E-state index contributed by atoms with van der Waals surface area (Å²) >= 11 is 0. The fourth-order valence-electron chi connectivity index (χ4n) is 6.80. The Morgan fingerprint density at radius 2 is 0.878 bits per heavy atom. The zero-order valence-electron chi connectivity index (χ0n) is 29.7. The molecule has 0 aliphatic carbocycles. The molecule has 17 unspecified atom stereocenters. The monoisotopic (exact) mass is 710 g/mol. The van der Waals surface area contributed by atoms with Gasteiger partial charge in [0, 0.05) is 0 Å². The van der Waals surface area contributed by atoms with Crippen molar-refractivity contribution in [1.29, 1.82) is 0 Å². The molecule has 17 atom stereocenters. The van der Waals surface area contributed by atoms with Crippen LogP contribution in [0.1, 0.15) is 98.8 Å². The third-order valence-corrected chi connectivity index (χ3v) is 9.77. The van der Waals surface area contributed by atoms with Gasteiger partial charge in [-0.15, -0.1) is 0 Å². The van der Waals surface area contributed by atoms with Crippen LogP contribution in [0.5, 0.6) is 0 Å². The van der Waals surface area contributed by atoms with Crippen LogP contribution >= 0.6 is 0 Å². The second-order valence-electron chi connectivity index (χ2n) is 13.7. The number of unbranched alkanes of at least 4 members (excludes halogenated alkanes) is 3. The van der Waals surface area contributed by atoms with E-state index in [0.29, 0.717) is 0 Å². The molecule has 6 aliphatic heterocycles. The number of rotatable bonds is 10. The Labute approximate surface area is 290 Å². The van der Waals surface area contributed by atoms with Gasteiger partial charge in [0.15, 0.2) is 31.5 Å². The highest BCUT2D eigenvalue weighted by atomic mass is 16.8. The summed E-state index contributed by atoms with van der Waals surface area (Å²) in [5.41, 5.74) is 0. The van der Waals surface area contributed by atoms with Crippen LogP contribution in [0, 0.1) is 0 Å². The van der Waals surface area contributed by atoms with Crippen LogP contribution in [-0.4, -0.2) is 149 Å². The molecule has 6 saturated heterocycles. The second-order valence-corrected chi connectivity index (χ2v) is 13.7. The minimum absolute atomic E-state index is 0.0142. The van der Waals surface area contributed by atoms with Gasteiger partial charge in [-0.2, -0.15) is 0 Å². The average molecular weight is 711 g/mol. The number of fused-ring (bicyclic) bond motifs is 3. The molecule has 6 aliphatic rings. The first-order chi connectivity index (χ1) is 23.5. The first kappa shape index (κ1) is 41.2. The van der Waals surface area contributed by atoms with Crippen LogP contribution in [0.3, 0.4) is 0 Å². The summed E-state index contributed by atoms with van der Waals surface area (Å²) in [6, 6.07) is 0. The number of aliphatic hydroxyl groups is 6. The summed E-state index contributed by atoms with van der Waals surface area (Å²) in [4.78, 5) is 0. The van der Waals surface area contributed by atoms with E-state index in [4.69, 9.17) is 42.6 Å². The molecule has 0 aromatic carbocycles. The quantitative estimate of drug-likeness (QED) is 0.189. The highest BCUT2D eigenvalue weighted by Crippen LogP contribution is 2.36. The van der Waals surface area contributed by atoms with Crippen molar-refractivity contribution >= 4 is 0 Å². The van der Waals surface area contributed by atoms with Crippen molar-refractivity contribution in [2.45, 2.75) is 204 Å². The van der Waals surface area contributed by atoms with Crippen LogP contribution < -0.4 is 0 Å². The van der Waals surface area contributed by atoms with Gasteiger partial charge in [-0.25, -0.2) is 0 Å². The molecule has 0 radical (unpaired) electrons. The van der Waals surface area contributed by atoms with Gasteiger partial charge < -0.3 is 73.3 Å². The lowest BCUT2D eigenvalue weighted by molar-refractivity contribution is -0.352. The first-order valence-electron chi connectivity index (χ1n) is 18.4. The highest BCUT2D eigenvalue weighted by molar-refractivity contribution is 4.94. The average Bonchev–Trinajstić information content (AvgIpc) is 3.66. The van der Waals surface area contributed by atoms with E-state index in [1.54, 1.807) is 0 Å². The van der Waals surface area contributed by atoms with Crippen molar-refractivity contribution < 1.29 is 73.3 Å². The number of aliphatic hydroxyl groups excluding tert-OH is 6. The van der Waals surface area contributed by atoms with Gasteiger partial charge in [0.1, 0.15) is 61.0 Å². The molecule has 6 heterocycles. The number of hydrogen-bond donors (Lipinski definition) is 6. The molecular formula is C34H62O15.